The third-order valence-corrected chi connectivity index (χ3v) is 2.44. The summed E-state index contributed by atoms with van der Waals surface area (Å²) in [5.74, 6) is 0.403. The maximum absolute atomic E-state index is 12.8. The maximum atomic E-state index is 12.8. The molecule has 1 aromatic carbocycles. The van der Waals surface area contributed by atoms with Crippen molar-refractivity contribution in [1.29, 1.82) is 0 Å². The van der Waals surface area contributed by atoms with Crippen LogP contribution in [0.2, 0.25) is 0 Å². The van der Waals surface area contributed by atoms with Gasteiger partial charge in [0.25, 0.3) is 0 Å². The SMILES string of the molecule is CN[C@@H]1C[C@H]1c1cccc(F)c1. The summed E-state index contributed by atoms with van der Waals surface area (Å²) >= 11 is 0. The number of rotatable bonds is 2. The van der Waals surface area contributed by atoms with E-state index in [1.54, 1.807) is 12.1 Å². The van der Waals surface area contributed by atoms with Gasteiger partial charge in [0.2, 0.25) is 0 Å². The van der Waals surface area contributed by atoms with E-state index in [0.717, 1.165) is 12.0 Å². The van der Waals surface area contributed by atoms with Crippen molar-refractivity contribution in [2.24, 2.45) is 0 Å². The Morgan fingerprint density at radius 1 is 1.50 bits per heavy atom. The molecule has 0 aromatic heterocycles. The van der Waals surface area contributed by atoms with Crippen molar-refractivity contribution in [1.82, 2.24) is 5.32 Å². The Labute approximate surface area is 71.6 Å². The predicted octanol–water partition coefficient (Wildman–Crippen LogP) is 1.90. The Hall–Kier alpha value is -0.890. The van der Waals surface area contributed by atoms with Crippen molar-refractivity contribution >= 4 is 0 Å². The van der Waals surface area contributed by atoms with E-state index in [1.165, 1.54) is 6.07 Å². The Kier molecular flexibility index (Phi) is 1.85. The molecule has 64 valence electrons. The first-order valence-electron chi connectivity index (χ1n) is 4.24. The molecule has 2 heteroatoms. The van der Waals surface area contributed by atoms with Crippen LogP contribution in [-0.2, 0) is 0 Å². The molecule has 2 rings (SSSR count). The van der Waals surface area contributed by atoms with Crippen molar-refractivity contribution in [3.63, 3.8) is 0 Å². The molecule has 0 spiro atoms. The molecular formula is C10H12FN. The van der Waals surface area contributed by atoms with E-state index in [1.807, 2.05) is 13.1 Å². The van der Waals surface area contributed by atoms with Crippen molar-refractivity contribution < 1.29 is 4.39 Å². The first-order valence-corrected chi connectivity index (χ1v) is 4.24. The van der Waals surface area contributed by atoms with Gasteiger partial charge in [0, 0.05) is 12.0 Å². The summed E-state index contributed by atoms with van der Waals surface area (Å²) in [6.07, 6.45) is 1.14. The van der Waals surface area contributed by atoms with Gasteiger partial charge in [0.05, 0.1) is 0 Å². The van der Waals surface area contributed by atoms with Gasteiger partial charge >= 0.3 is 0 Å². The highest BCUT2D eigenvalue weighted by Gasteiger charge is 2.36. The van der Waals surface area contributed by atoms with Gasteiger partial charge in [0.1, 0.15) is 5.82 Å². The average molecular weight is 165 g/mol. The van der Waals surface area contributed by atoms with Crippen LogP contribution in [0.5, 0.6) is 0 Å². The second kappa shape index (κ2) is 2.87. The molecule has 1 fully saturated rings. The van der Waals surface area contributed by atoms with E-state index < -0.39 is 0 Å². The standard InChI is InChI=1S/C10H12FN/c1-12-10-6-9(10)7-3-2-4-8(11)5-7/h2-5,9-10,12H,6H2,1H3/t9-,10+/m0/s1. The fraction of sp³-hybridized carbons (Fsp3) is 0.400. The Morgan fingerprint density at radius 2 is 2.33 bits per heavy atom. The molecule has 0 saturated heterocycles. The lowest BCUT2D eigenvalue weighted by atomic mass is 10.1. The van der Waals surface area contributed by atoms with Crippen molar-refractivity contribution in [3.8, 4) is 0 Å². The summed E-state index contributed by atoms with van der Waals surface area (Å²) in [4.78, 5) is 0. The van der Waals surface area contributed by atoms with Crippen molar-refractivity contribution in [3.05, 3.63) is 35.6 Å². The van der Waals surface area contributed by atoms with Gasteiger partial charge in [0.15, 0.2) is 0 Å². The van der Waals surface area contributed by atoms with Gasteiger partial charge in [-0.05, 0) is 31.2 Å². The zero-order chi connectivity index (χ0) is 8.55. The molecule has 2 atom stereocenters. The largest absolute Gasteiger partial charge is 0.316 e. The lowest BCUT2D eigenvalue weighted by Crippen LogP contribution is -2.10. The number of nitrogens with one attached hydrogen (secondary N) is 1. The maximum Gasteiger partial charge on any atom is 0.123 e. The molecular weight excluding hydrogens is 153 g/mol. The molecule has 1 saturated carbocycles. The molecule has 1 aliphatic rings. The fourth-order valence-electron chi connectivity index (χ4n) is 1.62. The smallest absolute Gasteiger partial charge is 0.123 e. The molecule has 1 aliphatic carbocycles. The van der Waals surface area contributed by atoms with Crippen LogP contribution in [-0.4, -0.2) is 13.1 Å². The molecule has 0 amide bonds. The van der Waals surface area contributed by atoms with Crippen LogP contribution >= 0.6 is 0 Å². The number of benzene rings is 1. The van der Waals surface area contributed by atoms with Crippen molar-refractivity contribution in [2.75, 3.05) is 7.05 Å². The summed E-state index contributed by atoms with van der Waals surface area (Å²) in [6, 6.07) is 7.44. The molecule has 1 N–H and O–H groups in total. The van der Waals surface area contributed by atoms with E-state index in [-0.39, 0.29) is 5.82 Å². The molecule has 12 heavy (non-hydrogen) atoms. The summed E-state index contributed by atoms with van der Waals surface area (Å²) < 4.78 is 12.8. The quantitative estimate of drug-likeness (QED) is 0.705. The highest BCUT2D eigenvalue weighted by atomic mass is 19.1. The second-order valence-corrected chi connectivity index (χ2v) is 3.29. The molecule has 0 radical (unpaired) electrons. The molecule has 1 aromatic rings. The first kappa shape index (κ1) is 7.74. The number of hydrogen-bond acceptors (Lipinski definition) is 1. The van der Waals surface area contributed by atoms with Gasteiger partial charge < -0.3 is 5.32 Å². The molecule has 1 nitrogen and oxygen atoms in total. The highest BCUT2D eigenvalue weighted by Crippen LogP contribution is 2.40. The first-order chi connectivity index (χ1) is 5.81. The van der Waals surface area contributed by atoms with Crippen LogP contribution in [0.4, 0.5) is 4.39 Å². The van der Waals surface area contributed by atoms with Gasteiger partial charge in [-0.1, -0.05) is 12.1 Å². The normalized spacial score (nSPS) is 27.2. The Bertz CT molecular complexity index is 285. The number of halogens is 1. The van der Waals surface area contributed by atoms with Crippen LogP contribution in [0.15, 0.2) is 24.3 Å². The van der Waals surface area contributed by atoms with Crippen molar-refractivity contribution in [2.45, 2.75) is 18.4 Å². The lowest BCUT2D eigenvalue weighted by Gasteiger charge is -1.98. The highest BCUT2D eigenvalue weighted by molar-refractivity contribution is 5.28. The zero-order valence-electron chi connectivity index (χ0n) is 7.05. The van der Waals surface area contributed by atoms with Crippen LogP contribution < -0.4 is 5.32 Å². The number of hydrogen-bond donors (Lipinski definition) is 1. The minimum absolute atomic E-state index is 0.130. The van der Waals surface area contributed by atoms with E-state index in [0.29, 0.717) is 12.0 Å². The molecule has 0 unspecified atom stereocenters. The van der Waals surface area contributed by atoms with Crippen LogP contribution in [0.25, 0.3) is 0 Å². The summed E-state index contributed by atoms with van der Waals surface area (Å²) in [5.41, 5.74) is 1.12. The van der Waals surface area contributed by atoms with E-state index in [9.17, 15) is 4.39 Å². The average Bonchev–Trinajstić information content (AvgIpc) is 2.83. The fourth-order valence-corrected chi connectivity index (χ4v) is 1.62. The van der Waals surface area contributed by atoms with E-state index in [4.69, 9.17) is 0 Å². The minimum Gasteiger partial charge on any atom is -0.316 e. The molecule has 0 heterocycles. The number of likely N-dealkylation sites (N-methyl/N-ethyl adjacent to an activating group) is 1. The van der Waals surface area contributed by atoms with Crippen LogP contribution in [0, 0.1) is 5.82 Å². The van der Waals surface area contributed by atoms with Crippen LogP contribution in [0.3, 0.4) is 0 Å². The third-order valence-electron chi connectivity index (χ3n) is 2.44. The summed E-state index contributed by atoms with van der Waals surface area (Å²) in [6.45, 7) is 0. The van der Waals surface area contributed by atoms with Crippen LogP contribution in [0.1, 0.15) is 17.9 Å². The molecule has 0 aliphatic heterocycles. The second-order valence-electron chi connectivity index (χ2n) is 3.29. The van der Waals surface area contributed by atoms with E-state index in [2.05, 4.69) is 5.32 Å². The topological polar surface area (TPSA) is 12.0 Å². The van der Waals surface area contributed by atoms with E-state index >= 15 is 0 Å². The van der Waals surface area contributed by atoms with Gasteiger partial charge in [-0.15, -0.1) is 0 Å². The minimum atomic E-state index is -0.130. The summed E-state index contributed by atoms with van der Waals surface area (Å²) in [7, 11) is 1.95. The van der Waals surface area contributed by atoms with Gasteiger partial charge in [-0.25, -0.2) is 4.39 Å². The monoisotopic (exact) mass is 165 g/mol. The third kappa shape index (κ3) is 1.34. The molecule has 0 bridgehead atoms. The van der Waals surface area contributed by atoms with Gasteiger partial charge in [-0.3, -0.25) is 0 Å². The predicted molar refractivity (Wildman–Crippen MR) is 46.6 cm³/mol. The Balaban J connectivity index is 2.14. The lowest BCUT2D eigenvalue weighted by molar-refractivity contribution is 0.625. The Morgan fingerprint density at radius 3 is 2.92 bits per heavy atom. The summed E-state index contributed by atoms with van der Waals surface area (Å²) in [5, 5.41) is 3.18. The zero-order valence-corrected chi connectivity index (χ0v) is 7.05. The van der Waals surface area contributed by atoms with Gasteiger partial charge in [-0.2, -0.15) is 0 Å².